The molecule has 0 aliphatic rings. The van der Waals surface area contributed by atoms with Crippen molar-refractivity contribution >= 4 is 23.2 Å². The van der Waals surface area contributed by atoms with Crippen LogP contribution in [0, 0.1) is 0 Å². The predicted octanol–water partition coefficient (Wildman–Crippen LogP) is 1.30. The van der Waals surface area contributed by atoms with Crippen LogP contribution in [0.25, 0.3) is 0 Å². The summed E-state index contributed by atoms with van der Waals surface area (Å²) in [5.41, 5.74) is 4.00. The molecule has 0 saturated carbocycles. The second-order valence-electron chi connectivity index (χ2n) is 4.31. The third kappa shape index (κ3) is 7.28. The lowest BCUT2D eigenvalue weighted by Crippen LogP contribution is -2.36. The largest absolute Gasteiger partial charge is 0.382 e. The number of hydrogen-bond donors (Lipinski definition) is 4. The molecule has 0 unspecified atom stereocenters. The molecule has 0 aliphatic carbocycles. The summed E-state index contributed by atoms with van der Waals surface area (Å²) < 4.78 is 5.24. The van der Waals surface area contributed by atoms with Crippen LogP contribution in [0.4, 0.5) is 11.4 Å². The molecule has 1 amide bonds. The highest BCUT2D eigenvalue weighted by molar-refractivity contribution is 5.94. The Morgan fingerprint density at radius 2 is 2.05 bits per heavy atom. The lowest BCUT2D eigenvalue weighted by molar-refractivity contribution is -0.114. The van der Waals surface area contributed by atoms with Gasteiger partial charge in [-0.05, 0) is 31.5 Å². The first-order valence-corrected chi connectivity index (χ1v) is 6.89. The molecule has 0 radical (unpaired) electrons. The minimum absolute atomic E-state index is 0.117. The Morgan fingerprint density at radius 1 is 1.33 bits per heavy atom. The molecule has 0 spiro atoms. The fraction of sp³-hybridized carbons (Fsp3) is 0.429. The number of anilines is 2. The van der Waals surface area contributed by atoms with E-state index in [0.29, 0.717) is 31.4 Å². The van der Waals surface area contributed by atoms with Crippen molar-refractivity contribution in [2.24, 2.45) is 10.8 Å². The van der Waals surface area contributed by atoms with Gasteiger partial charge in [-0.15, -0.1) is 0 Å². The molecular weight excluding hydrogens is 270 g/mol. The first-order chi connectivity index (χ1) is 10.2. The number of amides is 1. The molecular formula is C14H23N5O2. The first kappa shape index (κ1) is 16.9. The van der Waals surface area contributed by atoms with Crippen LogP contribution in [0.15, 0.2) is 29.3 Å². The van der Waals surface area contributed by atoms with Crippen LogP contribution in [-0.4, -0.2) is 31.6 Å². The maximum Gasteiger partial charge on any atom is 0.221 e. The van der Waals surface area contributed by atoms with E-state index in [2.05, 4.69) is 21.1 Å². The smallest absolute Gasteiger partial charge is 0.221 e. The summed E-state index contributed by atoms with van der Waals surface area (Å²) in [5, 5.41) is 5.77. The molecule has 0 saturated heterocycles. The van der Waals surface area contributed by atoms with Gasteiger partial charge in [0.05, 0.1) is 0 Å². The zero-order valence-electron chi connectivity index (χ0n) is 12.5. The van der Waals surface area contributed by atoms with Gasteiger partial charge >= 0.3 is 0 Å². The molecule has 1 aromatic rings. The SMILES string of the molecule is CCOCCCN=C(NN)Nc1cccc(NC(C)=O)c1. The molecule has 5 N–H and O–H groups in total. The maximum atomic E-state index is 11.0. The average molecular weight is 293 g/mol. The van der Waals surface area contributed by atoms with E-state index in [1.807, 2.05) is 19.1 Å². The summed E-state index contributed by atoms with van der Waals surface area (Å²) in [6.45, 7) is 5.42. The van der Waals surface area contributed by atoms with Gasteiger partial charge in [0.2, 0.25) is 11.9 Å². The number of benzene rings is 1. The van der Waals surface area contributed by atoms with Crippen LogP contribution in [0.5, 0.6) is 0 Å². The van der Waals surface area contributed by atoms with Crippen LogP contribution in [0.3, 0.4) is 0 Å². The van der Waals surface area contributed by atoms with Crippen molar-refractivity contribution in [3.8, 4) is 0 Å². The molecule has 0 aromatic heterocycles. The highest BCUT2D eigenvalue weighted by Gasteiger charge is 2.00. The number of hydrogen-bond acceptors (Lipinski definition) is 4. The van der Waals surface area contributed by atoms with Gasteiger partial charge in [-0.1, -0.05) is 6.07 Å². The highest BCUT2D eigenvalue weighted by Crippen LogP contribution is 2.14. The third-order valence-corrected chi connectivity index (χ3v) is 2.50. The van der Waals surface area contributed by atoms with Crippen molar-refractivity contribution in [3.05, 3.63) is 24.3 Å². The lowest BCUT2D eigenvalue weighted by Gasteiger charge is -2.10. The van der Waals surface area contributed by atoms with E-state index in [9.17, 15) is 4.79 Å². The van der Waals surface area contributed by atoms with Gasteiger partial charge in [-0.3, -0.25) is 15.2 Å². The Balaban J connectivity index is 2.55. The molecule has 7 nitrogen and oxygen atoms in total. The van der Waals surface area contributed by atoms with Gasteiger partial charge in [-0.25, -0.2) is 5.84 Å². The van der Waals surface area contributed by atoms with Crippen molar-refractivity contribution in [1.29, 1.82) is 0 Å². The van der Waals surface area contributed by atoms with Crippen LogP contribution in [0.2, 0.25) is 0 Å². The van der Waals surface area contributed by atoms with Crippen LogP contribution in [0.1, 0.15) is 20.3 Å². The standard InChI is InChI=1S/C14H23N5O2/c1-3-21-9-5-8-16-14(19-15)18-13-7-4-6-12(10-13)17-11(2)20/h4,6-7,10H,3,5,8-9,15H2,1-2H3,(H,17,20)(H2,16,18,19). The van der Waals surface area contributed by atoms with Gasteiger partial charge in [0.15, 0.2) is 0 Å². The summed E-state index contributed by atoms with van der Waals surface area (Å²) in [4.78, 5) is 15.3. The van der Waals surface area contributed by atoms with E-state index >= 15 is 0 Å². The minimum atomic E-state index is -0.117. The van der Waals surface area contributed by atoms with E-state index in [-0.39, 0.29) is 5.91 Å². The maximum absolute atomic E-state index is 11.0. The number of rotatable bonds is 7. The van der Waals surface area contributed by atoms with E-state index in [1.54, 1.807) is 12.1 Å². The molecule has 0 aliphatic heterocycles. The van der Waals surface area contributed by atoms with Crippen molar-refractivity contribution in [2.45, 2.75) is 20.3 Å². The molecule has 1 aromatic carbocycles. The molecule has 1 rings (SSSR count). The normalized spacial score (nSPS) is 11.1. The first-order valence-electron chi connectivity index (χ1n) is 6.89. The lowest BCUT2D eigenvalue weighted by atomic mass is 10.2. The summed E-state index contributed by atoms with van der Waals surface area (Å²) >= 11 is 0. The van der Waals surface area contributed by atoms with E-state index in [0.717, 1.165) is 12.1 Å². The Hall–Kier alpha value is -2.12. The minimum Gasteiger partial charge on any atom is -0.382 e. The summed E-state index contributed by atoms with van der Waals surface area (Å²) in [5.74, 6) is 5.78. The third-order valence-electron chi connectivity index (χ3n) is 2.50. The molecule has 0 heterocycles. The molecule has 7 heteroatoms. The van der Waals surface area contributed by atoms with Crippen LogP contribution >= 0.6 is 0 Å². The fourth-order valence-electron chi connectivity index (χ4n) is 1.64. The van der Waals surface area contributed by atoms with Crippen LogP contribution < -0.4 is 21.9 Å². The second kappa shape index (κ2) is 9.73. The number of carbonyl (C=O) groups is 1. The molecule has 116 valence electrons. The van der Waals surface area contributed by atoms with Gasteiger partial charge < -0.3 is 15.4 Å². The fourth-order valence-corrected chi connectivity index (χ4v) is 1.64. The highest BCUT2D eigenvalue weighted by atomic mass is 16.5. The number of hydrazine groups is 1. The number of nitrogens with zero attached hydrogens (tertiary/aromatic N) is 1. The number of nitrogens with one attached hydrogen (secondary N) is 3. The van der Waals surface area contributed by atoms with E-state index in [1.165, 1.54) is 6.92 Å². The topological polar surface area (TPSA) is 101 Å². The predicted molar refractivity (Wildman–Crippen MR) is 85.1 cm³/mol. The molecule has 0 fully saturated rings. The van der Waals surface area contributed by atoms with E-state index < -0.39 is 0 Å². The van der Waals surface area contributed by atoms with Crippen LogP contribution in [-0.2, 0) is 9.53 Å². The summed E-state index contributed by atoms with van der Waals surface area (Å²) in [7, 11) is 0. The Bertz CT molecular complexity index is 476. The number of guanidine groups is 1. The monoisotopic (exact) mass is 293 g/mol. The Morgan fingerprint density at radius 3 is 2.67 bits per heavy atom. The summed E-state index contributed by atoms with van der Waals surface area (Å²) in [6.07, 6.45) is 0.826. The van der Waals surface area contributed by atoms with Gasteiger partial charge in [0.25, 0.3) is 0 Å². The number of nitrogens with two attached hydrogens (primary N) is 1. The van der Waals surface area contributed by atoms with Crippen molar-refractivity contribution < 1.29 is 9.53 Å². The molecule has 21 heavy (non-hydrogen) atoms. The van der Waals surface area contributed by atoms with Gasteiger partial charge in [-0.2, -0.15) is 0 Å². The van der Waals surface area contributed by atoms with Crippen molar-refractivity contribution in [3.63, 3.8) is 0 Å². The quantitative estimate of drug-likeness (QED) is 0.200. The second-order valence-corrected chi connectivity index (χ2v) is 4.31. The Labute approximate surface area is 124 Å². The number of ether oxygens (including phenoxy) is 1. The van der Waals surface area contributed by atoms with Gasteiger partial charge in [0, 0.05) is 38.1 Å². The Kier molecular flexibility index (Phi) is 7.85. The number of carbonyl (C=O) groups excluding carboxylic acids is 1. The van der Waals surface area contributed by atoms with Crippen molar-refractivity contribution in [2.75, 3.05) is 30.4 Å². The number of aliphatic imine (C=N–C) groups is 1. The molecule has 0 atom stereocenters. The van der Waals surface area contributed by atoms with Crippen molar-refractivity contribution in [1.82, 2.24) is 5.43 Å². The average Bonchev–Trinajstić information content (AvgIpc) is 2.45. The zero-order valence-corrected chi connectivity index (χ0v) is 12.5. The van der Waals surface area contributed by atoms with E-state index in [4.69, 9.17) is 10.6 Å². The summed E-state index contributed by atoms with van der Waals surface area (Å²) in [6, 6.07) is 7.30. The molecule has 0 bridgehead atoms. The zero-order chi connectivity index (χ0) is 15.5. The van der Waals surface area contributed by atoms with Gasteiger partial charge in [0.1, 0.15) is 0 Å².